The van der Waals surface area contributed by atoms with Crippen LogP contribution in [0.4, 0.5) is 0 Å². The minimum absolute atomic E-state index is 0.118. The molecule has 2 aromatic rings. The molecule has 0 aliphatic heterocycles. The summed E-state index contributed by atoms with van der Waals surface area (Å²) in [7, 11) is 1.05. The van der Waals surface area contributed by atoms with Crippen LogP contribution >= 0.6 is 11.8 Å². The second-order valence-corrected chi connectivity index (χ2v) is 9.23. The Labute approximate surface area is 165 Å². The topological polar surface area (TPSA) is 75.7 Å². The van der Waals surface area contributed by atoms with Crippen LogP contribution in [-0.4, -0.2) is 45.6 Å². The molecule has 146 valence electrons. The van der Waals surface area contributed by atoms with Crippen molar-refractivity contribution in [2.75, 3.05) is 27.0 Å². The zero-order chi connectivity index (χ0) is 19.9. The van der Waals surface area contributed by atoms with E-state index < -0.39 is 10.0 Å². The summed E-state index contributed by atoms with van der Waals surface area (Å²) in [5.74, 6) is 1.31. The summed E-state index contributed by atoms with van der Waals surface area (Å²) in [5.41, 5.74) is 0.572. The number of rotatable bonds is 9. The molecule has 0 atom stereocenters. The standard InChI is InChI=1S/C19H24N2O4S2/c1-21(2)27(23,24)18-7-5-4-6-15(18)14-20-19(22)12-13-26-17-10-8-16(25-3)9-11-17/h4-11H,12-14H2,1-3H3,(H,20,22). The highest BCUT2D eigenvalue weighted by Gasteiger charge is 2.20. The Morgan fingerprint density at radius 1 is 1.11 bits per heavy atom. The van der Waals surface area contributed by atoms with Crippen molar-refractivity contribution in [1.29, 1.82) is 0 Å². The molecule has 27 heavy (non-hydrogen) atoms. The summed E-state index contributed by atoms with van der Waals surface area (Å²) >= 11 is 1.58. The van der Waals surface area contributed by atoms with E-state index >= 15 is 0 Å². The lowest BCUT2D eigenvalue weighted by Crippen LogP contribution is -2.27. The van der Waals surface area contributed by atoms with Gasteiger partial charge in [-0.1, -0.05) is 18.2 Å². The third-order valence-electron chi connectivity index (χ3n) is 3.86. The van der Waals surface area contributed by atoms with Crippen LogP contribution in [0.15, 0.2) is 58.3 Å². The molecule has 0 radical (unpaired) electrons. The Morgan fingerprint density at radius 3 is 2.41 bits per heavy atom. The zero-order valence-electron chi connectivity index (χ0n) is 15.6. The van der Waals surface area contributed by atoms with E-state index in [1.807, 2.05) is 24.3 Å². The van der Waals surface area contributed by atoms with Crippen LogP contribution < -0.4 is 10.1 Å². The monoisotopic (exact) mass is 408 g/mol. The van der Waals surface area contributed by atoms with Crippen molar-refractivity contribution >= 4 is 27.7 Å². The van der Waals surface area contributed by atoms with Crippen LogP contribution in [0.3, 0.4) is 0 Å². The molecule has 0 saturated heterocycles. The van der Waals surface area contributed by atoms with Gasteiger partial charge in [-0.05, 0) is 35.9 Å². The van der Waals surface area contributed by atoms with Crippen LogP contribution in [0.2, 0.25) is 0 Å². The summed E-state index contributed by atoms with van der Waals surface area (Å²) in [6.45, 7) is 0.176. The number of hydrogen-bond acceptors (Lipinski definition) is 5. The number of methoxy groups -OCH3 is 1. The number of benzene rings is 2. The molecule has 2 aromatic carbocycles. The number of ether oxygens (including phenoxy) is 1. The van der Waals surface area contributed by atoms with E-state index in [1.165, 1.54) is 18.4 Å². The average Bonchev–Trinajstić information content (AvgIpc) is 2.67. The second kappa shape index (κ2) is 9.77. The van der Waals surface area contributed by atoms with Crippen molar-refractivity contribution in [3.63, 3.8) is 0 Å². The summed E-state index contributed by atoms with van der Waals surface area (Å²) < 4.78 is 31.0. The molecular formula is C19H24N2O4S2. The van der Waals surface area contributed by atoms with Crippen molar-refractivity contribution in [2.45, 2.75) is 22.8 Å². The molecule has 6 nitrogen and oxygen atoms in total. The normalized spacial score (nSPS) is 11.4. The molecule has 0 aliphatic rings. The van der Waals surface area contributed by atoms with E-state index in [9.17, 15) is 13.2 Å². The summed E-state index contributed by atoms with van der Waals surface area (Å²) in [6.07, 6.45) is 0.347. The number of thioether (sulfide) groups is 1. The molecule has 0 saturated carbocycles. The lowest BCUT2D eigenvalue weighted by molar-refractivity contribution is -0.120. The highest BCUT2D eigenvalue weighted by atomic mass is 32.2. The van der Waals surface area contributed by atoms with E-state index in [4.69, 9.17) is 4.74 Å². The van der Waals surface area contributed by atoms with Crippen LogP contribution in [0, 0.1) is 0 Å². The van der Waals surface area contributed by atoms with Gasteiger partial charge in [0.25, 0.3) is 0 Å². The van der Waals surface area contributed by atoms with Gasteiger partial charge in [0.2, 0.25) is 15.9 Å². The molecule has 1 N–H and O–H groups in total. The first kappa shape index (κ1) is 21.3. The van der Waals surface area contributed by atoms with E-state index in [-0.39, 0.29) is 17.3 Å². The van der Waals surface area contributed by atoms with Crippen LogP contribution in [-0.2, 0) is 21.4 Å². The molecule has 0 aromatic heterocycles. The van der Waals surface area contributed by atoms with E-state index in [1.54, 1.807) is 43.1 Å². The van der Waals surface area contributed by atoms with Gasteiger partial charge in [0.05, 0.1) is 12.0 Å². The largest absolute Gasteiger partial charge is 0.497 e. The third-order valence-corrected chi connectivity index (χ3v) is 6.79. The highest BCUT2D eigenvalue weighted by Crippen LogP contribution is 2.22. The number of nitrogens with zero attached hydrogens (tertiary/aromatic N) is 1. The van der Waals surface area contributed by atoms with Crippen LogP contribution in [0.25, 0.3) is 0 Å². The SMILES string of the molecule is COc1ccc(SCCC(=O)NCc2ccccc2S(=O)(=O)N(C)C)cc1. The Bertz CT molecular complexity index is 866. The molecule has 1 amide bonds. The van der Waals surface area contributed by atoms with Gasteiger partial charge < -0.3 is 10.1 Å². The number of amides is 1. The first-order chi connectivity index (χ1) is 12.8. The predicted molar refractivity (Wildman–Crippen MR) is 107 cm³/mol. The lowest BCUT2D eigenvalue weighted by Gasteiger charge is -2.15. The van der Waals surface area contributed by atoms with Crippen molar-refractivity contribution in [3.8, 4) is 5.75 Å². The lowest BCUT2D eigenvalue weighted by atomic mass is 10.2. The van der Waals surface area contributed by atoms with Gasteiger partial charge in [-0.3, -0.25) is 4.79 Å². The van der Waals surface area contributed by atoms with E-state index in [0.29, 0.717) is 17.7 Å². The molecule has 0 bridgehead atoms. The van der Waals surface area contributed by atoms with Crippen molar-refractivity contribution in [3.05, 3.63) is 54.1 Å². The number of carbonyl (C=O) groups excluding carboxylic acids is 1. The fraction of sp³-hybridized carbons (Fsp3) is 0.316. The molecule has 0 fully saturated rings. The number of carbonyl (C=O) groups is 1. The van der Waals surface area contributed by atoms with Gasteiger partial charge in [0.15, 0.2) is 0 Å². The Morgan fingerprint density at radius 2 is 1.78 bits per heavy atom. The maximum Gasteiger partial charge on any atom is 0.242 e. The smallest absolute Gasteiger partial charge is 0.242 e. The van der Waals surface area contributed by atoms with Gasteiger partial charge in [-0.15, -0.1) is 11.8 Å². The minimum Gasteiger partial charge on any atom is -0.497 e. The van der Waals surface area contributed by atoms with Gasteiger partial charge >= 0.3 is 0 Å². The van der Waals surface area contributed by atoms with Crippen molar-refractivity contribution in [1.82, 2.24) is 9.62 Å². The molecule has 0 aliphatic carbocycles. The summed E-state index contributed by atoms with van der Waals surface area (Å²) in [4.78, 5) is 13.4. The molecule has 8 heteroatoms. The quantitative estimate of drug-likeness (QED) is 0.646. The molecule has 0 heterocycles. The third kappa shape index (κ3) is 5.98. The summed E-state index contributed by atoms with van der Waals surface area (Å²) in [6, 6.07) is 14.4. The minimum atomic E-state index is -3.55. The molecule has 0 spiro atoms. The van der Waals surface area contributed by atoms with Crippen LogP contribution in [0.5, 0.6) is 5.75 Å². The first-order valence-corrected chi connectivity index (χ1v) is 10.8. The van der Waals surface area contributed by atoms with Crippen molar-refractivity contribution in [2.24, 2.45) is 0 Å². The van der Waals surface area contributed by atoms with Gasteiger partial charge in [-0.2, -0.15) is 0 Å². The highest BCUT2D eigenvalue weighted by molar-refractivity contribution is 7.99. The van der Waals surface area contributed by atoms with Gasteiger partial charge in [0.1, 0.15) is 5.75 Å². The Kier molecular flexibility index (Phi) is 7.70. The van der Waals surface area contributed by atoms with E-state index in [0.717, 1.165) is 10.6 Å². The fourth-order valence-electron chi connectivity index (χ4n) is 2.31. The Balaban J connectivity index is 1.87. The van der Waals surface area contributed by atoms with Gasteiger partial charge in [-0.25, -0.2) is 12.7 Å². The molecule has 0 unspecified atom stereocenters. The summed E-state index contributed by atoms with van der Waals surface area (Å²) in [5, 5.41) is 2.80. The van der Waals surface area contributed by atoms with Crippen LogP contribution in [0.1, 0.15) is 12.0 Å². The van der Waals surface area contributed by atoms with Crippen molar-refractivity contribution < 1.29 is 17.9 Å². The number of sulfonamides is 1. The van der Waals surface area contributed by atoms with E-state index in [2.05, 4.69) is 5.32 Å². The first-order valence-electron chi connectivity index (χ1n) is 8.38. The maximum absolute atomic E-state index is 12.4. The molecule has 2 rings (SSSR count). The van der Waals surface area contributed by atoms with Gasteiger partial charge in [0, 0.05) is 37.7 Å². The number of hydrogen-bond donors (Lipinski definition) is 1. The maximum atomic E-state index is 12.4. The number of nitrogens with one attached hydrogen (secondary N) is 1. The second-order valence-electron chi connectivity index (χ2n) is 5.95. The Hall–Kier alpha value is -2.03. The molecular weight excluding hydrogens is 384 g/mol. The fourth-order valence-corrected chi connectivity index (χ4v) is 4.28. The predicted octanol–water partition coefficient (Wildman–Crippen LogP) is 2.74. The average molecular weight is 409 g/mol. The zero-order valence-corrected chi connectivity index (χ0v) is 17.3.